The fourth-order valence-corrected chi connectivity index (χ4v) is 2.00. The Morgan fingerprint density at radius 1 is 1.27 bits per heavy atom. The monoisotopic (exact) mass is 220 g/mol. The fourth-order valence-electron chi connectivity index (χ4n) is 1.26. The molecular weight excluding hydrogens is 214 g/mol. The van der Waals surface area contributed by atoms with Crippen LogP contribution in [0.5, 0.6) is 5.75 Å². The Bertz CT molecular complexity index is 493. The number of non-ortho nitro benzene ring substituents is 1. The second kappa shape index (κ2) is 3.70. The van der Waals surface area contributed by atoms with Gasteiger partial charge in [-0.15, -0.1) is 11.3 Å². The van der Waals surface area contributed by atoms with Gasteiger partial charge in [-0.3, -0.25) is 10.1 Å². The van der Waals surface area contributed by atoms with Crippen LogP contribution in [0.1, 0.15) is 0 Å². The Labute approximate surface area is 89.6 Å². The molecule has 0 unspecified atom stereocenters. The molecule has 0 aliphatic rings. The van der Waals surface area contributed by atoms with E-state index in [1.807, 2.05) is 5.38 Å². The highest BCUT2D eigenvalue weighted by Gasteiger charge is 2.08. The zero-order valence-corrected chi connectivity index (χ0v) is 8.36. The minimum atomic E-state index is -0.503. The summed E-state index contributed by atoms with van der Waals surface area (Å²) >= 11 is 1.39. The summed E-state index contributed by atoms with van der Waals surface area (Å²) in [4.78, 5) is 10.8. The molecule has 0 atom stereocenters. The van der Waals surface area contributed by atoms with E-state index < -0.39 is 4.92 Å². The van der Waals surface area contributed by atoms with E-state index in [1.54, 1.807) is 12.1 Å². The van der Waals surface area contributed by atoms with E-state index >= 15 is 0 Å². The van der Waals surface area contributed by atoms with Crippen molar-refractivity contribution in [2.24, 2.45) is 0 Å². The first-order valence-corrected chi connectivity index (χ1v) is 5.06. The molecule has 15 heavy (non-hydrogen) atoms. The lowest BCUT2D eigenvalue weighted by Gasteiger charge is -2.10. The highest BCUT2D eigenvalue weighted by Crippen LogP contribution is 2.33. The molecule has 0 aliphatic heterocycles. The minimum Gasteiger partial charge on any atom is -0.872 e. The van der Waals surface area contributed by atoms with Gasteiger partial charge >= 0.3 is 0 Å². The largest absolute Gasteiger partial charge is 0.872 e. The van der Waals surface area contributed by atoms with Crippen molar-refractivity contribution in [1.82, 2.24) is 0 Å². The summed E-state index contributed by atoms with van der Waals surface area (Å²) in [5, 5.41) is 23.8. The number of hydrogen-bond acceptors (Lipinski definition) is 4. The Hall–Kier alpha value is -1.88. The lowest BCUT2D eigenvalue weighted by atomic mass is 10.1. The average Bonchev–Trinajstić information content (AvgIpc) is 2.71. The van der Waals surface area contributed by atoms with Gasteiger partial charge in [0.25, 0.3) is 5.69 Å². The molecule has 0 fully saturated rings. The number of benzene rings is 1. The van der Waals surface area contributed by atoms with E-state index in [9.17, 15) is 15.2 Å². The fraction of sp³-hybridized carbons (Fsp3) is 0. The highest BCUT2D eigenvalue weighted by molar-refractivity contribution is 7.13. The van der Waals surface area contributed by atoms with Crippen molar-refractivity contribution >= 4 is 17.0 Å². The SMILES string of the molecule is O=[N+]([O-])c1ccc([O-])c(-c2cccs2)c1. The van der Waals surface area contributed by atoms with Crippen molar-refractivity contribution in [2.45, 2.75) is 0 Å². The summed E-state index contributed by atoms with van der Waals surface area (Å²) < 4.78 is 0. The maximum Gasteiger partial charge on any atom is 0.270 e. The van der Waals surface area contributed by atoms with Crippen LogP contribution in [0.2, 0.25) is 0 Å². The standard InChI is InChI=1S/C10H7NO3S/c12-9-4-3-7(11(13)14)6-8(9)10-2-1-5-15-10/h1-6,12H/p-1. The molecule has 5 heteroatoms. The predicted octanol–water partition coefficient (Wildman–Crippen LogP) is 2.40. The van der Waals surface area contributed by atoms with Crippen LogP contribution in [0.25, 0.3) is 10.4 Å². The van der Waals surface area contributed by atoms with Gasteiger partial charge in [-0.25, -0.2) is 0 Å². The van der Waals surface area contributed by atoms with E-state index in [4.69, 9.17) is 0 Å². The zero-order valence-electron chi connectivity index (χ0n) is 7.54. The van der Waals surface area contributed by atoms with Crippen LogP contribution in [0, 0.1) is 10.1 Å². The molecule has 0 saturated heterocycles. The van der Waals surface area contributed by atoms with Gasteiger partial charge in [-0.1, -0.05) is 17.9 Å². The van der Waals surface area contributed by atoms with Crippen molar-refractivity contribution in [3.8, 4) is 16.2 Å². The van der Waals surface area contributed by atoms with Gasteiger partial charge in [0.15, 0.2) is 0 Å². The van der Waals surface area contributed by atoms with E-state index in [2.05, 4.69) is 0 Å². The first-order valence-electron chi connectivity index (χ1n) is 4.18. The summed E-state index contributed by atoms with van der Waals surface area (Å²) in [5.41, 5.74) is 0.331. The van der Waals surface area contributed by atoms with E-state index in [0.29, 0.717) is 5.56 Å². The number of hydrogen-bond donors (Lipinski definition) is 0. The van der Waals surface area contributed by atoms with Gasteiger partial charge in [0.2, 0.25) is 0 Å². The maximum absolute atomic E-state index is 11.5. The molecule has 0 bridgehead atoms. The molecule has 0 radical (unpaired) electrons. The number of nitrogens with zero attached hydrogens (tertiary/aromatic N) is 1. The van der Waals surface area contributed by atoms with Crippen LogP contribution in [-0.2, 0) is 0 Å². The lowest BCUT2D eigenvalue weighted by molar-refractivity contribution is -0.385. The Morgan fingerprint density at radius 2 is 2.07 bits per heavy atom. The first-order chi connectivity index (χ1) is 7.18. The second-order valence-electron chi connectivity index (χ2n) is 2.91. The Kier molecular flexibility index (Phi) is 2.39. The highest BCUT2D eigenvalue weighted by atomic mass is 32.1. The summed E-state index contributed by atoms with van der Waals surface area (Å²) in [5.74, 6) is -0.192. The molecule has 4 nitrogen and oxygen atoms in total. The quantitative estimate of drug-likeness (QED) is 0.576. The van der Waals surface area contributed by atoms with Crippen LogP contribution < -0.4 is 5.11 Å². The van der Waals surface area contributed by atoms with E-state index in [1.165, 1.54) is 29.5 Å². The molecule has 1 aromatic heterocycles. The van der Waals surface area contributed by atoms with Crippen LogP contribution in [-0.4, -0.2) is 4.92 Å². The third-order valence-corrected chi connectivity index (χ3v) is 2.86. The molecule has 1 heterocycles. The van der Waals surface area contributed by atoms with Crippen LogP contribution >= 0.6 is 11.3 Å². The zero-order chi connectivity index (χ0) is 10.8. The van der Waals surface area contributed by atoms with Crippen LogP contribution in [0.4, 0.5) is 5.69 Å². The van der Waals surface area contributed by atoms with Crippen molar-refractivity contribution < 1.29 is 10.0 Å². The van der Waals surface area contributed by atoms with Gasteiger partial charge < -0.3 is 5.11 Å². The normalized spacial score (nSPS) is 10.1. The molecular formula is C10H6NO3S-. The minimum absolute atomic E-state index is 0.0574. The van der Waals surface area contributed by atoms with Crippen molar-refractivity contribution in [3.05, 3.63) is 45.8 Å². The third kappa shape index (κ3) is 1.82. The molecule has 2 aromatic rings. The molecule has 0 spiro atoms. The molecule has 76 valence electrons. The van der Waals surface area contributed by atoms with Crippen molar-refractivity contribution in [1.29, 1.82) is 0 Å². The third-order valence-electron chi connectivity index (χ3n) is 1.96. The van der Waals surface area contributed by atoms with Crippen molar-refractivity contribution in [3.63, 3.8) is 0 Å². The second-order valence-corrected chi connectivity index (χ2v) is 3.86. The Morgan fingerprint density at radius 3 is 2.67 bits per heavy atom. The number of rotatable bonds is 2. The Balaban J connectivity index is 2.55. The molecule has 0 N–H and O–H groups in total. The average molecular weight is 220 g/mol. The maximum atomic E-state index is 11.5. The van der Waals surface area contributed by atoms with Gasteiger partial charge in [0.05, 0.1) is 4.92 Å². The smallest absolute Gasteiger partial charge is 0.270 e. The predicted molar refractivity (Wildman–Crippen MR) is 55.9 cm³/mol. The van der Waals surface area contributed by atoms with E-state index in [0.717, 1.165) is 4.88 Å². The van der Waals surface area contributed by atoms with E-state index in [-0.39, 0.29) is 11.4 Å². The molecule has 0 amide bonds. The summed E-state index contributed by atoms with van der Waals surface area (Å²) in [6, 6.07) is 7.34. The summed E-state index contributed by atoms with van der Waals surface area (Å²) in [6.45, 7) is 0. The number of nitro groups is 1. The van der Waals surface area contributed by atoms with Gasteiger partial charge in [-0.2, -0.15) is 0 Å². The first kappa shape index (κ1) is 9.67. The molecule has 2 rings (SSSR count). The van der Waals surface area contributed by atoms with Crippen molar-refractivity contribution in [2.75, 3.05) is 0 Å². The van der Waals surface area contributed by atoms with Gasteiger partial charge in [0, 0.05) is 17.0 Å². The number of thiophene rings is 1. The summed E-state index contributed by atoms with van der Waals surface area (Å²) in [6.07, 6.45) is 0. The molecule has 0 saturated carbocycles. The van der Waals surface area contributed by atoms with Crippen LogP contribution in [0.3, 0.4) is 0 Å². The molecule has 1 aromatic carbocycles. The lowest BCUT2D eigenvalue weighted by Crippen LogP contribution is -1.94. The number of nitro benzene ring substituents is 1. The molecule has 0 aliphatic carbocycles. The van der Waals surface area contributed by atoms with Crippen LogP contribution in [0.15, 0.2) is 35.7 Å². The topological polar surface area (TPSA) is 66.2 Å². The van der Waals surface area contributed by atoms with Gasteiger partial charge in [-0.05, 0) is 17.0 Å². The summed E-state index contributed by atoms with van der Waals surface area (Å²) in [7, 11) is 0. The van der Waals surface area contributed by atoms with Gasteiger partial charge in [0.1, 0.15) is 0 Å².